The number of carbonyl (C=O) groups is 4. The molecule has 2 saturated heterocycles. The molecule has 0 amide bonds. The summed E-state index contributed by atoms with van der Waals surface area (Å²) >= 11 is 0. The minimum absolute atomic E-state index is 0.0609. The van der Waals surface area contributed by atoms with Gasteiger partial charge in [-0.2, -0.15) is 0 Å². The molecular weight excluding hydrogens is 880 g/mol. The molecule has 0 spiro atoms. The van der Waals surface area contributed by atoms with Gasteiger partial charge in [0.2, 0.25) is 12.6 Å². The number of hydrogen-bond acceptors (Lipinski definition) is 22. The summed E-state index contributed by atoms with van der Waals surface area (Å²) in [5.41, 5.74) is -0.236. The van der Waals surface area contributed by atoms with E-state index in [0.717, 1.165) is 26.7 Å². The molecule has 4 aliphatic heterocycles. The van der Waals surface area contributed by atoms with Gasteiger partial charge in [-0.1, -0.05) is 24.3 Å². The van der Waals surface area contributed by atoms with E-state index in [4.69, 9.17) is 47.4 Å². The fourth-order valence-corrected chi connectivity index (χ4v) is 7.43. The molecule has 0 bridgehead atoms. The van der Waals surface area contributed by atoms with E-state index >= 15 is 0 Å². The average Bonchev–Trinajstić information content (AvgIpc) is 3.30. The Hall–Kier alpha value is -4.56. The van der Waals surface area contributed by atoms with Crippen molar-refractivity contribution in [2.75, 3.05) is 34.0 Å². The minimum atomic E-state index is -1.92. The third-order valence-electron chi connectivity index (χ3n) is 11.5. The molecule has 4 aliphatic rings. The minimum Gasteiger partial charge on any atom is -0.468 e. The van der Waals surface area contributed by atoms with Crippen LogP contribution in [0.1, 0.15) is 53.4 Å². The van der Waals surface area contributed by atoms with E-state index in [-0.39, 0.29) is 35.3 Å². The highest BCUT2D eigenvalue weighted by Crippen LogP contribution is 2.38. The zero-order valence-corrected chi connectivity index (χ0v) is 37.5. The largest absolute Gasteiger partial charge is 0.468 e. The fourth-order valence-electron chi connectivity index (χ4n) is 7.43. The van der Waals surface area contributed by atoms with Crippen LogP contribution in [0.25, 0.3) is 0 Å². The predicted molar refractivity (Wildman–Crippen MR) is 222 cm³/mol. The lowest BCUT2D eigenvalue weighted by Gasteiger charge is -2.42. The second kappa shape index (κ2) is 24.5. The second-order valence-electron chi connectivity index (χ2n) is 16.1. The molecule has 0 aliphatic carbocycles. The van der Waals surface area contributed by atoms with Crippen LogP contribution in [-0.2, 0) is 66.5 Å². The van der Waals surface area contributed by atoms with Gasteiger partial charge in [-0.05, 0) is 46.1 Å². The number of methoxy groups -OCH3 is 2. The standard InChI is InChI=1S/C44H62O22/c1-8-22-24(14-30(46)59-17-21(4)12-11-13-44(5,56)10-3)26(38(54)57-6)18-62-41(22)66-43-37(53)35(51)33(49)29(64-43)20-60-31(47)15-25-23(9-2)40(61-19-27(25)39(55)58-7)65-42-36(52)34(50)32(48)28(16-45)63-42/h8-10,12,18-19,24-25,28-29,32-37,40-43,45,48-53,56H,3,11,13-17,20H2,1-2,4-7H3/b21-12+,22-8+,23-9+/t24-,25-,28+,29+,32+,33+,34-,35-,36+,37+,40-,41-,42-,43-,44+/m0/s1. The molecule has 15 atom stereocenters. The number of rotatable bonds is 19. The first kappa shape index (κ1) is 54.0. The highest BCUT2D eigenvalue weighted by molar-refractivity contribution is 5.91. The summed E-state index contributed by atoms with van der Waals surface area (Å²) in [6, 6.07) is 0. The molecule has 0 saturated carbocycles. The van der Waals surface area contributed by atoms with Crippen molar-refractivity contribution in [3.8, 4) is 0 Å². The van der Waals surface area contributed by atoms with E-state index in [1.54, 1.807) is 20.8 Å². The van der Waals surface area contributed by atoms with Crippen LogP contribution in [0.15, 0.2) is 71.3 Å². The Morgan fingerprint density at radius 3 is 1.62 bits per heavy atom. The van der Waals surface area contributed by atoms with Crippen LogP contribution in [0.2, 0.25) is 0 Å². The summed E-state index contributed by atoms with van der Waals surface area (Å²) in [4.78, 5) is 52.2. The number of ether oxygens (including phenoxy) is 10. The van der Waals surface area contributed by atoms with E-state index in [2.05, 4.69) is 6.58 Å². The number of aliphatic hydroxyl groups excluding tert-OH is 7. The molecule has 8 N–H and O–H groups in total. The smallest absolute Gasteiger partial charge is 0.337 e. The fraction of sp³-hybridized carbons (Fsp3) is 0.636. The average molecular weight is 943 g/mol. The number of hydrogen-bond donors (Lipinski definition) is 8. The first-order chi connectivity index (χ1) is 31.2. The van der Waals surface area contributed by atoms with Gasteiger partial charge in [0.15, 0.2) is 12.6 Å². The maximum Gasteiger partial charge on any atom is 0.337 e. The summed E-state index contributed by atoms with van der Waals surface area (Å²) in [5.74, 6) is -5.57. The van der Waals surface area contributed by atoms with Crippen molar-refractivity contribution in [3.63, 3.8) is 0 Å². The molecule has 4 rings (SSSR count). The van der Waals surface area contributed by atoms with Crippen LogP contribution in [0.4, 0.5) is 0 Å². The van der Waals surface area contributed by atoms with Crippen molar-refractivity contribution >= 4 is 23.9 Å². The van der Waals surface area contributed by atoms with E-state index in [1.165, 1.54) is 25.2 Å². The zero-order chi connectivity index (χ0) is 49.0. The van der Waals surface area contributed by atoms with E-state index < -0.39 is 135 Å². The van der Waals surface area contributed by atoms with E-state index in [0.29, 0.717) is 18.4 Å². The molecule has 0 aromatic rings. The Bertz CT molecular complexity index is 1870. The molecule has 22 nitrogen and oxygen atoms in total. The van der Waals surface area contributed by atoms with Crippen molar-refractivity contribution in [1.82, 2.24) is 0 Å². The Morgan fingerprint density at radius 2 is 1.18 bits per heavy atom. The molecule has 0 aromatic carbocycles. The molecular formula is C44H62O22. The van der Waals surface area contributed by atoms with Crippen LogP contribution in [-0.4, -0.2) is 178 Å². The highest BCUT2D eigenvalue weighted by Gasteiger charge is 2.49. The first-order valence-corrected chi connectivity index (χ1v) is 21.1. The Balaban J connectivity index is 1.44. The molecule has 0 aromatic heterocycles. The van der Waals surface area contributed by atoms with E-state index in [9.17, 15) is 60.0 Å². The lowest BCUT2D eigenvalue weighted by Crippen LogP contribution is -2.60. The van der Waals surface area contributed by atoms with Gasteiger partial charge < -0.3 is 88.2 Å². The summed E-state index contributed by atoms with van der Waals surface area (Å²) in [5, 5.41) is 83.4. The Kier molecular flexibility index (Phi) is 20.0. The van der Waals surface area contributed by atoms with Crippen LogP contribution >= 0.6 is 0 Å². The number of aliphatic hydroxyl groups is 8. The van der Waals surface area contributed by atoms with Crippen molar-refractivity contribution in [2.24, 2.45) is 11.8 Å². The SMILES string of the molecule is C=C[C@@](C)(O)CC/C=C(\C)COC(=O)C[C@@H]1C(C(=O)OC)=CO[C@@H](O[C@@H]2O[C@H](COC(=O)C[C@@H]3C(C(=O)OC)=CO[C@@H](O[C@@H]4O[C@H](CO)[C@@H](O)[C@H](O)[C@H]4O)/C3=C/C)[C@@H](O)[C@H](O)[C@H]2O)/C1=C/C. The van der Waals surface area contributed by atoms with Gasteiger partial charge in [-0.3, -0.25) is 9.59 Å². The monoisotopic (exact) mass is 942 g/mol. The van der Waals surface area contributed by atoms with Gasteiger partial charge in [0.1, 0.15) is 62.0 Å². The molecule has 22 heteroatoms. The van der Waals surface area contributed by atoms with Crippen LogP contribution < -0.4 is 0 Å². The highest BCUT2D eigenvalue weighted by atomic mass is 16.8. The number of allylic oxidation sites excluding steroid dienone is 3. The van der Waals surface area contributed by atoms with Gasteiger partial charge in [-0.15, -0.1) is 6.58 Å². The molecule has 66 heavy (non-hydrogen) atoms. The van der Waals surface area contributed by atoms with Crippen molar-refractivity contribution in [3.05, 3.63) is 71.3 Å². The van der Waals surface area contributed by atoms with Crippen molar-refractivity contribution in [2.45, 2.75) is 133 Å². The van der Waals surface area contributed by atoms with Crippen molar-refractivity contribution < 1.29 is 107 Å². The van der Waals surface area contributed by atoms with Gasteiger partial charge >= 0.3 is 23.9 Å². The molecule has 4 heterocycles. The van der Waals surface area contributed by atoms with Crippen LogP contribution in [0, 0.1) is 11.8 Å². The van der Waals surface area contributed by atoms with Gasteiger partial charge in [0.05, 0.1) is 62.9 Å². The predicted octanol–water partition coefficient (Wildman–Crippen LogP) is -0.891. The topological polar surface area (TPSA) is 322 Å². The summed E-state index contributed by atoms with van der Waals surface area (Å²) < 4.78 is 54.9. The third-order valence-corrected chi connectivity index (χ3v) is 11.5. The van der Waals surface area contributed by atoms with Gasteiger partial charge in [0, 0.05) is 23.0 Å². The summed E-state index contributed by atoms with van der Waals surface area (Å²) in [6.07, 6.45) is -12.0. The lowest BCUT2D eigenvalue weighted by molar-refractivity contribution is -0.328. The summed E-state index contributed by atoms with van der Waals surface area (Å²) in [6.45, 7) is 8.51. The Labute approximate surface area is 380 Å². The quantitative estimate of drug-likeness (QED) is 0.0442. The summed E-state index contributed by atoms with van der Waals surface area (Å²) in [7, 11) is 2.23. The lowest BCUT2D eigenvalue weighted by atomic mass is 9.86. The molecule has 0 radical (unpaired) electrons. The van der Waals surface area contributed by atoms with Crippen LogP contribution in [0.3, 0.4) is 0 Å². The Morgan fingerprint density at radius 1 is 0.727 bits per heavy atom. The normalized spacial score (nSPS) is 34.7. The second-order valence-corrected chi connectivity index (χ2v) is 16.1. The van der Waals surface area contributed by atoms with Crippen molar-refractivity contribution in [1.29, 1.82) is 0 Å². The van der Waals surface area contributed by atoms with Gasteiger partial charge in [-0.25, -0.2) is 9.59 Å². The van der Waals surface area contributed by atoms with E-state index in [1.807, 2.05) is 6.08 Å². The maximum atomic E-state index is 13.5. The maximum absolute atomic E-state index is 13.5. The zero-order valence-electron chi connectivity index (χ0n) is 37.5. The molecule has 0 unspecified atom stereocenters. The molecule has 2 fully saturated rings. The number of esters is 4. The third kappa shape index (κ3) is 13.3. The molecule has 370 valence electrons. The van der Waals surface area contributed by atoms with Gasteiger partial charge in [0.25, 0.3) is 0 Å². The number of carbonyl (C=O) groups excluding carboxylic acids is 4. The van der Waals surface area contributed by atoms with Crippen LogP contribution in [0.5, 0.6) is 0 Å². The first-order valence-electron chi connectivity index (χ1n) is 21.1.